The summed E-state index contributed by atoms with van der Waals surface area (Å²) < 4.78 is 24.5. The molecule has 0 aromatic carbocycles. The number of pyridine rings is 1. The largest absolute Gasteiger partial charge is 0.335 e. The lowest BCUT2D eigenvalue weighted by Crippen LogP contribution is -2.27. The molecule has 1 atom stereocenters. The molecular formula is C12H12ClN3O3S. The second-order valence-corrected chi connectivity index (χ2v) is 7.66. The molecule has 0 radical (unpaired) electrons. The molecule has 106 valence electrons. The minimum absolute atomic E-state index is 0.0530. The van der Waals surface area contributed by atoms with Crippen molar-refractivity contribution in [3.8, 4) is 0 Å². The normalized spacial score (nSPS) is 19.9. The molecule has 0 spiro atoms. The van der Waals surface area contributed by atoms with E-state index in [0.717, 1.165) is 11.3 Å². The molecule has 1 amide bonds. The van der Waals surface area contributed by atoms with E-state index in [2.05, 4.69) is 4.98 Å². The van der Waals surface area contributed by atoms with Crippen LogP contribution >= 0.6 is 10.7 Å². The Morgan fingerprint density at radius 1 is 1.40 bits per heavy atom. The highest BCUT2D eigenvalue weighted by atomic mass is 35.7. The number of likely N-dealkylation sites (tertiary alicyclic amines) is 1. The first-order valence-electron chi connectivity index (χ1n) is 6.07. The average Bonchev–Trinajstić information content (AvgIpc) is 2.95. The molecule has 0 aliphatic carbocycles. The third-order valence-corrected chi connectivity index (χ3v) is 5.29. The Morgan fingerprint density at radius 3 is 2.90 bits per heavy atom. The van der Waals surface area contributed by atoms with Gasteiger partial charge in [0.2, 0.25) is 15.0 Å². The Bertz CT molecular complexity index is 771. The van der Waals surface area contributed by atoms with E-state index in [1.165, 1.54) is 4.90 Å². The van der Waals surface area contributed by atoms with E-state index in [4.69, 9.17) is 10.7 Å². The molecule has 3 rings (SSSR count). The van der Waals surface area contributed by atoms with E-state index in [1.807, 2.05) is 28.8 Å². The second-order valence-electron chi connectivity index (χ2n) is 4.75. The predicted octanol–water partition coefficient (Wildman–Crippen LogP) is 1.00. The van der Waals surface area contributed by atoms with Crippen molar-refractivity contribution in [3.05, 3.63) is 36.3 Å². The SMILES string of the molecule is O=C1CC(S(=O)(=O)Cl)CN1Cc1cnc2ccccn12. The van der Waals surface area contributed by atoms with Gasteiger partial charge in [0, 0.05) is 29.8 Å². The number of imidazole rings is 1. The van der Waals surface area contributed by atoms with Crippen LogP contribution in [0.15, 0.2) is 30.6 Å². The minimum Gasteiger partial charge on any atom is -0.335 e. The maximum Gasteiger partial charge on any atom is 0.237 e. The lowest BCUT2D eigenvalue weighted by molar-refractivity contribution is -0.128. The van der Waals surface area contributed by atoms with Gasteiger partial charge >= 0.3 is 0 Å². The smallest absolute Gasteiger partial charge is 0.237 e. The molecule has 1 saturated heterocycles. The third-order valence-electron chi connectivity index (χ3n) is 3.42. The number of carbonyl (C=O) groups excluding carboxylic acids is 1. The van der Waals surface area contributed by atoms with E-state index in [0.29, 0.717) is 6.54 Å². The van der Waals surface area contributed by atoms with Gasteiger partial charge in [0.1, 0.15) is 10.9 Å². The molecule has 0 saturated carbocycles. The van der Waals surface area contributed by atoms with Gasteiger partial charge in [-0.15, -0.1) is 0 Å². The van der Waals surface area contributed by atoms with Gasteiger partial charge in [-0.3, -0.25) is 4.79 Å². The van der Waals surface area contributed by atoms with Gasteiger partial charge in [-0.1, -0.05) is 6.07 Å². The standard InChI is InChI=1S/C12H12ClN3O3S/c13-20(18,19)10-5-12(17)15(8-10)7-9-6-14-11-3-1-2-4-16(9)11/h1-4,6,10H,5,7-8H2. The lowest BCUT2D eigenvalue weighted by atomic mass is 10.4. The zero-order valence-corrected chi connectivity index (χ0v) is 12.0. The van der Waals surface area contributed by atoms with Crippen LogP contribution in [0.25, 0.3) is 5.65 Å². The van der Waals surface area contributed by atoms with Gasteiger partial charge < -0.3 is 9.30 Å². The van der Waals surface area contributed by atoms with Crippen LogP contribution in [0.5, 0.6) is 0 Å². The van der Waals surface area contributed by atoms with Crippen LogP contribution in [-0.4, -0.2) is 40.4 Å². The summed E-state index contributed by atoms with van der Waals surface area (Å²) in [6.45, 7) is 0.456. The van der Waals surface area contributed by atoms with Crippen molar-refractivity contribution < 1.29 is 13.2 Å². The first-order valence-corrected chi connectivity index (χ1v) is 8.44. The van der Waals surface area contributed by atoms with Gasteiger partial charge in [-0.25, -0.2) is 13.4 Å². The Balaban J connectivity index is 1.83. The topological polar surface area (TPSA) is 71.8 Å². The van der Waals surface area contributed by atoms with Gasteiger partial charge in [-0.2, -0.15) is 0 Å². The number of nitrogens with zero attached hydrogens (tertiary/aromatic N) is 3. The number of hydrogen-bond donors (Lipinski definition) is 0. The Labute approximate surface area is 120 Å². The molecule has 2 aromatic heterocycles. The molecule has 2 aromatic rings. The van der Waals surface area contributed by atoms with Crippen LogP contribution in [0.1, 0.15) is 12.1 Å². The summed E-state index contributed by atoms with van der Waals surface area (Å²) in [5.74, 6) is -0.204. The Morgan fingerprint density at radius 2 is 2.20 bits per heavy atom. The highest BCUT2D eigenvalue weighted by Crippen LogP contribution is 2.23. The highest BCUT2D eigenvalue weighted by Gasteiger charge is 2.37. The van der Waals surface area contributed by atoms with Gasteiger partial charge in [-0.05, 0) is 12.1 Å². The van der Waals surface area contributed by atoms with E-state index < -0.39 is 14.3 Å². The summed E-state index contributed by atoms with van der Waals surface area (Å²) in [4.78, 5) is 17.6. The van der Waals surface area contributed by atoms with Crippen molar-refractivity contribution in [2.24, 2.45) is 0 Å². The molecule has 1 aliphatic rings. The van der Waals surface area contributed by atoms with E-state index in [-0.39, 0.29) is 18.9 Å². The Hall–Kier alpha value is -1.60. The molecule has 0 N–H and O–H groups in total. The molecule has 1 unspecified atom stereocenters. The highest BCUT2D eigenvalue weighted by molar-refractivity contribution is 8.14. The fraction of sp³-hybridized carbons (Fsp3) is 0.333. The molecule has 8 heteroatoms. The molecule has 20 heavy (non-hydrogen) atoms. The average molecular weight is 314 g/mol. The molecule has 0 bridgehead atoms. The van der Waals surface area contributed by atoms with E-state index >= 15 is 0 Å². The van der Waals surface area contributed by atoms with Crippen molar-refractivity contribution in [2.75, 3.05) is 6.54 Å². The third kappa shape index (κ3) is 2.38. The minimum atomic E-state index is -3.70. The summed E-state index contributed by atoms with van der Waals surface area (Å²) in [5, 5.41) is -0.823. The van der Waals surface area contributed by atoms with Crippen molar-refractivity contribution in [1.29, 1.82) is 0 Å². The number of rotatable bonds is 3. The van der Waals surface area contributed by atoms with Gasteiger partial charge in [0.15, 0.2) is 0 Å². The number of fused-ring (bicyclic) bond motifs is 1. The lowest BCUT2D eigenvalue weighted by Gasteiger charge is -2.15. The molecular weight excluding hydrogens is 302 g/mol. The summed E-state index contributed by atoms with van der Waals surface area (Å²) in [7, 11) is 1.62. The van der Waals surface area contributed by atoms with Crippen LogP contribution in [0, 0.1) is 0 Å². The van der Waals surface area contributed by atoms with Crippen LogP contribution in [0.4, 0.5) is 0 Å². The maximum absolute atomic E-state index is 11.9. The van der Waals surface area contributed by atoms with Crippen LogP contribution in [0.2, 0.25) is 0 Å². The number of aromatic nitrogens is 2. The first kappa shape index (κ1) is 13.4. The maximum atomic E-state index is 11.9. The molecule has 3 heterocycles. The summed E-state index contributed by atoms with van der Waals surface area (Å²) in [6.07, 6.45) is 3.49. The van der Waals surface area contributed by atoms with E-state index in [1.54, 1.807) is 6.20 Å². The number of halogens is 1. The fourth-order valence-electron chi connectivity index (χ4n) is 2.37. The van der Waals surface area contributed by atoms with Crippen LogP contribution in [-0.2, 0) is 20.4 Å². The number of amides is 1. The summed E-state index contributed by atoms with van der Waals surface area (Å²) >= 11 is 0. The summed E-state index contributed by atoms with van der Waals surface area (Å²) in [6, 6.07) is 5.61. The molecule has 6 nitrogen and oxygen atoms in total. The van der Waals surface area contributed by atoms with Crippen molar-refractivity contribution in [2.45, 2.75) is 18.2 Å². The second kappa shape index (κ2) is 4.75. The molecule has 1 aliphatic heterocycles. The van der Waals surface area contributed by atoms with Crippen molar-refractivity contribution in [3.63, 3.8) is 0 Å². The number of hydrogen-bond acceptors (Lipinski definition) is 4. The van der Waals surface area contributed by atoms with Gasteiger partial charge in [0.25, 0.3) is 0 Å². The molecule has 1 fully saturated rings. The fourth-order valence-corrected chi connectivity index (χ4v) is 3.43. The van der Waals surface area contributed by atoms with Crippen LogP contribution < -0.4 is 0 Å². The van der Waals surface area contributed by atoms with E-state index in [9.17, 15) is 13.2 Å². The summed E-state index contributed by atoms with van der Waals surface area (Å²) in [5.41, 5.74) is 1.62. The quantitative estimate of drug-likeness (QED) is 0.793. The zero-order chi connectivity index (χ0) is 14.3. The van der Waals surface area contributed by atoms with Gasteiger partial charge in [0.05, 0.1) is 18.4 Å². The van der Waals surface area contributed by atoms with Crippen molar-refractivity contribution in [1.82, 2.24) is 14.3 Å². The zero-order valence-electron chi connectivity index (χ0n) is 10.4. The first-order chi connectivity index (χ1) is 9.45. The monoisotopic (exact) mass is 313 g/mol. The van der Waals surface area contributed by atoms with Crippen molar-refractivity contribution >= 4 is 31.3 Å². The number of carbonyl (C=O) groups is 1. The Kier molecular flexibility index (Phi) is 3.18. The van der Waals surface area contributed by atoms with Crippen LogP contribution in [0.3, 0.4) is 0 Å². The predicted molar refractivity (Wildman–Crippen MR) is 73.8 cm³/mol.